The van der Waals surface area contributed by atoms with Crippen LogP contribution in [0.1, 0.15) is 34.1 Å². The molecule has 1 aliphatic carbocycles. The summed E-state index contributed by atoms with van der Waals surface area (Å²) in [5.41, 5.74) is 1.18. The van der Waals surface area contributed by atoms with Gasteiger partial charge in [0.15, 0.2) is 11.5 Å². The molecule has 0 radical (unpaired) electrons. The number of rotatable bonds is 4. The molecule has 7 nitrogen and oxygen atoms in total. The number of carbonyl (C=O) groups excluding carboxylic acids is 1. The zero-order valence-corrected chi connectivity index (χ0v) is 19.6. The number of hydrogen-bond acceptors (Lipinski definition) is 5. The Morgan fingerprint density at radius 2 is 1.71 bits per heavy atom. The van der Waals surface area contributed by atoms with Gasteiger partial charge in [-0.25, -0.2) is 8.42 Å². The number of allylic oxidation sites excluding steroid dienone is 2. The summed E-state index contributed by atoms with van der Waals surface area (Å²) < 4.78 is 39.1. The average Bonchev–Trinajstić information content (AvgIpc) is 3.35. The van der Waals surface area contributed by atoms with E-state index in [4.69, 9.17) is 9.47 Å². The normalized spacial score (nSPS) is 25.5. The summed E-state index contributed by atoms with van der Waals surface area (Å²) in [5, 5.41) is 0. The van der Waals surface area contributed by atoms with Crippen LogP contribution in [0.2, 0.25) is 0 Å². The van der Waals surface area contributed by atoms with Crippen molar-refractivity contribution in [1.82, 2.24) is 9.21 Å². The van der Waals surface area contributed by atoms with Crippen molar-refractivity contribution in [2.75, 3.05) is 39.4 Å². The third-order valence-electron chi connectivity index (χ3n) is 6.60. The van der Waals surface area contributed by atoms with Gasteiger partial charge >= 0.3 is 0 Å². The number of hydrogen-bond donors (Lipinski definition) is 0. The van der Waals surface area contributed by atoms with Gasteiger partial charge in [-0.1, -0.05) is 25.5 Å². The summed E-state index contributed by atoms with van der Waals surface area (Å²) >= 11 is 0. The minimum atomic E-state index is -3.66. The largest absolute Gasteiger partial charge is 0.490 e. The lowest BCUT2D eigenvalue weighted by Gasteiger charge is -2.34. The number of amides is 1. The van der Waals surface area contributed by atoms with Crippen LogP contribution >= 0.6 is 0 Å². The van der Waals surface area contributed by atoms with E-state index >= 15 is 0 Å². The van der Waals surface area contributed by atoms with Gasteiger partial charge in [-0.3, -0.25) is 4.79 Å². The Labute approximate surface area is 185 Å². The highest BCUT2D eigenvalue weighted by atomic mass is 32.2. The number of carbonyl (C=O) groups is 1. The molecule has 2 fully saturated rings. The van der Waals surface area contributed by atoms with Gasteiger partial charge in [0.05, 0.1) is 24.0 Å². The topological polar surface area (TPSA) is 76.2 Å². The number of benzene rings is 1. The third kappa shape index (κ3) is 4.20. The van der Waals surface area contributed by atoms with Gasteiger partial charge in [0.1, 0.15) is 0 Å². The number of fused-ring (bicyclic) bond motifs is 1. The molecule has 4 rings (SSSR count). The summed E-state index contributed by atoms with van der Waals surface area (Å²) in [7, 11) is -3.66. The molecule has 1 amide bonds. The first-order chi connectivity index (χ1) is 14.6. The Morgan fingerprint density at radius 3 is 2.35 bits per heavy atom. The second kappa shape index (κ2) is 8.13. The van der Waals surface area contributed by atoms with Crippen molar-refractivity contribution in [3.8, 4) is 11.5 Å². The van der Waals surface area contributed by atoms with Crippen molar-refractivity contribution >= 4 is 15.9 Å². The summed E-state index contributed by atoms with van der Waals surface area (Å²) in [4.78, 5) is 15.1. The van der Waals surface area contributed by atoms with Crippen LogP contribution in [0.5, 0.6) is 11.5 Å². The maximum Gasteiger partial charge on any atom is 0.243 e. The van der Waals surface area contributed by atoms with E-state index in [-0.39, 0.29) is 28.1 Å². The van der Waals surface area contributed by atoms with Crippen LogP contribution in [0.3, 0.4) is 0 Å². The standard InChI is InChI=1S/C23H32N2O5S/c1-16(2)14-18-21(23(18,3)4)22(26)24-8-10-25(11-9-24)31(27,28)17-6-7-19-20(15-17)30-13-5-12-29-19/h6-7,14-15,18,21H,5,8-13H2,1-4H3. The number of ether oxygens (including phenoxy) is 2. The van der Waals surface area contributed by atoms with Crippen LogP contribution in [-0.2, 0) is 14.8 Å². The minimum Gasteiger partial charge on any atom is -0.490 e. The van der Waals surface area contributed by atoms with Crippen molar-refractivity contribution < 1.29 is 22.7 Å². The lowest BCUT2D eigenvalue weighted by molar-refractivity contribution is -0.134. The van der Waals surface area contributed by atoms with Gasteiger partial charge in [-0.15, -0.1) is 0 Å². The van der Waals surface area contributed by atoms with E-state index in [0.717, 1.165) is 6.42 Å². The van der Waals surface area contributed by atoms with Crippen molar-refractivity contribution in [1.29, 1.82) is 0 Å². The van der Waals surface area contributed by atoms with Crippen molar-refractivity contribution in [2.45, 2.75) is 39.0 Å². The average molecular weight is 449 g/mol. The number of nitrogens with zero attached hydrogens (tertiary/aromatic N) is 2. The first-order valence-electron chi connectivity index (χ1n) is 11.0. The minimum absolute atomic E-state index is 0.0210. The van der Waals surface area contributed by atoms with Gasteiger partial charge in [-0.05, 0) is 37.3 Å². The van der Waals surface area contributed by atoms with E-state index in [0.29, 0.717) is 50.9 Å². The summed E-state index contributed by atoms with van der Waals surface area (Å²) in [6.07, 6.45) is 2.95. The van der Waals surface area contributed by atoms with Crippen molar-refractivity contribution in [2.24, 2.45) is 17.3 Å². The molecule has 1 aromatic rings. The highest BCUT2D eigenvalue weighted by molar-refractivity contribution is 7.89. The van der Waals surface area contributed by atoms with Gasteiger partial charge in [0.2, 0.25) is 15.9 Å². The number of sulfonamides is 1. The summed E-state index contributed by atoms with van der Waals surface area (Å²) in [6.45, 7) is 10.8. The van der Waals surface area contributed by atoms with Gasteiger partial charge in [0.25, 0.3) is 0 Å². The lowest BCUT2D eigenvalue weighted by Crippen LogP contribution is -2.51. The Hall–Kier alpha value is -2.06. The fourth-order valence-electron chi connectivity index (χ4n) is 4.62. The Kier molecular flexibility index (Phi) is 5.81. The molecule has 2 aliphatic heterocycles. The predicted octanol–water partition coefficient (Wildman–Crippen LogP) is 2.92. The molecule has 2 unspecified atom stereocenters. The molecule has 0 bridgehead atoms. The molecule has 2 heterocycles. The highest BCUT2D eigenvalue weighted by Gasteiger charge is 2.61. The van der Waals surface area contributed by atoms with E-state index in [1.807, 2.05) is 4.90 Å². The van der Waals surface area contributed by atoms with Crippen LogP contribution in [0.15, 0.2) is 34.7 Å². The molecule has 0 spiro atoms. The molecule has 2 atom stereocenters. The van der Waals surface area contributed by atoms with Gasteiger partial charge in [-0.2, -0.15) is 4.31 Å². The first kappa shape index (κ1) is 22.1. The van der Waals surface area contributed by atoms with Crippen molar-refractivity contribution in [3.05, 3.63) is 29.8 Å². The maximum atomic E-state index is 13.2. The van der Waals surface area contributed by atoms with Crippen LogP contribution in [0.4, 0.5) is 0 Å². The van der Waals surface area contributed by atoms with Crippen molar-refractivity contribution in [3.63, 3.8) is 0 Å². The molecule has 170 valence electrons. The Balaban J connectivity index is 1.42. The van der Waals surface area contributed by atoms with E-state index in [2.05, 4.69) is 33.8 Å². The fraction of sp³-hybridized carbons (Fsp3) is 0.609. The molecule has 31 heavy (non-hydrogen) atoms. The first-order valence-corrected chi connectivity index (χ1v) is 12.4. The zero-order chi connectivity index (χ0) is 22.4. The summed E-state index contributed by atoms with van der Waals surface area (Å²) in [5.74, 6) is 1.42. The Bertz CT molecular complexity index is 989. The maximum absolute atomic E-state index is 13.2. The lowest BCUT2D eigenvalue weighted by atomic mass is 10.1. The van der Waals surface area contributed by atoms with Crippen LogP contribution in [0.25, 0.3) is 0 Å². The summed E-state index contributed by atoms with van der Waals surface area (Å²) in [6, 6.07) is 4.77. The smallest absolute Gasteiger partial charge is 0.243 e. The molecule has 3 aliphatic rings. The van der Waals surface area contributed by atoms with Crippen LogP contribution < -0.4 is 9.47 Å². The van der Waals surface area contributed by atoms with Crippen LogP contribution in [-0.4, -0.2) is 62.9 Å². The monoisotopic (exact) mass is 448 g/mol. The Morgan fingerprint density at radius 1 is 1.06 bits per heavy atom. The van der Waals surface area contributed by atoms with Gasteiger partial charge in [0, 0.05) is 38.7 Å². The molecule has 1 aromatic carbocycles. The molecule has 1 saturated carbocycles. The molecule has 0 N–H and O–H groups in total. The molecular weight excluding hydrogens is 416 g/mol. The molecule has 1 saturated heterocycles. The molecule has 0 aromatic heterocycles. The van der Waals surface area contributed by atoms with E-state index < -0.39 is 10.0 Å². The van der Waals surface area contributed by atoms with Gasteiger partial charge < -0.3 is 14.4 Å². The fourth-order valence-corrected chi connectivity index (χ4v) is 6.06. The second-order valence-corrected chi connectivity index (χ2v) is 11.4. The SMILES string of the molecule is CC(C)=CC1C(C(=O)N2CCN(S(=O)(=O)c3ccc4c(c3)OCCCO4)CC2)C1(C)C. The van der Waals surface area contributed by atoms with E-state index in [1.54, 1.807) is 18.2 Å². The zero-order valence-electron chi connectivity index (χ0n) is 18.8. The van der Waals surface area contributed by atoms with Crippen LogP contribution in [0, 0.1) is 17.3 Å². The molecular formula is C23H32N2O5S. The van der Waals surface area contributed by atoms with E-state index in [1.165, 1.54) is 9.88 Å². The predicted molar refractivity (Wildman–Crippen MR) is 118 cm³/mol. The molecule has 8 heteroatoms. The third-order valence-corrected chi connectivity index (χ3v) is 8.49. The van der Waals surface area contributed by atoms with E-state index in [9.17, 15) is 13.2 Å². The number of piperazine rings is 1. The second-order valence-electron chi connectivity index (χ2n) is 9.46. The highest BCUT2D eigenvalue weighted by Crippen LogP contribution is 2.60. The quantitative estimate of drug-likeness (QED) is 0.662.